The van der Waals surface area contributed by atoms with E-state index in [4.69, 9.17) is 0 Å². The summed E-state index contributed by atoms with van der Waals surface area (Å²) in [6, 6.07) is 92.0. The number of hydrogen-bond acceptors (Lipinski definition) is 2. The minimum absolute atomic E-state index is 1.12. The van der Waals surface area contributed by atoms with Gasteiger partial charge < -0.3 is 4.90 Å². The predicted octanol–water partition coefficient (Wildman–Crippen LogP) is 13.4. The Morgan fingerprint density at radius 2 is 0.803 bits per heavy atom. The Morgan fingerprint density at radius 1 is 0.311 bits per heavy atom. The molecule has 288 valence electrons. The zero-order valence-corrected chi connectivity index (χ0v) is 35.3. The first-order valence-corrected chi connectivity index (χ1v) is 23.7. The van der Waals surface area contributed by atoms with Crippen LogP contribution in [0.5, 0.6) is 0 Å². The number of nitrogens with zero attached hydrogens (tertiary/aromatic N) is 1. The first-order valence-electron chi connectivity index (χ1n) is 20.9. The largest absolute Gasteiger partial charge is 0.309 e. The van der Waals surface area contributed by atoms with E-state index in [-0.39, 0.29) is 0 Å². The van der Waals surface area contributed by atoms with Crippen molar-refractivity contribution in [3.63, 3.8) is 0 Å². The van der Waals surface area contributed by atoms with Crippen molar-refractivity contribution >= 4 is 88.2 Å². The quantitative estimate of drug-likeness (QED) is 0.104. The van der Waals surface area contributed by atoms with Crippen molar-refractivity contribution in [1.29, 1.82) is 0 Å². The van der Waals surface area contributed by atoms with Gasteiger partial charge in [-0.25, -0.2) is 0 Å². The number of benzene rings is 10. The molecule has 0 amide bonds. The Kier molecular flexibility index (Phi) is 9.46. The summed E-state index contributed by atoms with van der Waals surface area (Å²) in [5.74, 6) is 0. The topological polar surface area (TPSA) is 3.24 Å². The third-order valence-corrected chi connectivity index (χ3v) is 18.2. The van der Waals surface area contributed by atoms with E-state index in [2.05, 4.69) is 254 Å². The molecular formula is C58H41NSSi. The summed E-state index contributed by atoms with van der Waals surface area (Å²) in [7, 11) is -2.78. The molecule has 0 saturated carbocycles. The molecule has 0 radical (unpaired) electrons. The van der Waals surface area contributed by atoms with Crippen LogP contribution in [-0.4, -0.2) is 8.07 Å². The molecule has 0 aliphatic rings. The molecule has 1 nitrogen and oxygen atoms in total. The number of thiophene rings is 1. The van der Waals surface area contributed by atoms with Gasteiger partial charge in [0.05, 0.1) is 10.4 Å². The van der Waals surface area contributed by atoms with Gasteiger partial charge in [-0.1, -0.05) is 200 Å². The standard InChI is InChI=1S/C58H41NSSi/c1-5-17-42(18-6-1)45-33-31-44-32-34-46(40-47(44)39-45)43-35-37-48(38-36-43)59(56-29-16-28-55-54-27-13-14-30-57(54)60-58(55)56)49-19-15-26-53(41-49)61(50-20-7-2-8-21-50,51-22-9-3-10-23-51)52-24-11-4-12-25-52/h1-41H. The second-order valence-corrected chi connectivity index (χ2v) is 20.5. The van der Waals surface area contributed by atoms with Gasteiger partial charge in [0.25, 0.3) is 0 Å². The molecule has 0 bridgehead atoms. The molecule has 0 fully saturated rings. The number of anilines is 3. The average molecular weight is 812 g/mol. The van der Waals surface area contributed by atoms with Crippen LogP contribution in [0.25, 0.3) is 53.2 Å². The van der Waals surface area contributed by atoms with E-state index in [1.807, 2.05) is 11.3 Å². The highest BCUT2D eigenvalue weighted by molar-refractivity contribution is 7.26. The maximum absolute atomic E-state index is 2.78. The normalized spacial score (nSPS) is 11.6. The second kappa shape index (κ2) is 15.7. The van der Waals surface area contributed by atoms with Crippen molar-refractivity contribution in [2.24, 2.45) is 0 Å². The Hall–Kier alpha value is -7.30. The van der Waals surface area contributed by atoms with Gasteiger partial charge >= 0.3 is 0 Å². The van der Waals surface area contributed by atoms with Crippen LogP contribution in [0, 0.1) is 0 Å². The van der Waals surface area contributed by atoms with E-state index in [1.165, 1.54) is 79.6 Å². The summed E-state index contributed by atoms with van der Waals surface area (Å²) in [5, 5.41) is 10.5. The van der Waals surface area contributed by atoms with E-state index in [0.717, 1.165) is 11.4 Å². The molecule has 0 aliphatic heterocycles. The summed E-state index contributed by atoms with van der Waals surface area (Å²) >= 11 is 1.87. The first-order chi connectivity index (χ1) is 30.2. The van der Waals surface area contributed by atoms with Crippen LogP contribution >= 0.6 is 11.3 Å². The first kappa shape index (κ1) is 36.8. The predicted molar refractivity (Wildman–Crippen MR) is 266 cm³/mol. The maximum Gasteiger partial charge on any atom is 0.179 e. The molecule has 0 atom stereocenters. The average Bonchev–Trinajstić information content (AvgIpc) is 3.73. The van der Waals surface area contributed by atoms with Crippen LogP contribution in [0.3, 0.4) is 0 Å². The second-order valence-electron chi connectivity index (χ2n) is 15.7. The monoisotopic (exact) mass is 811 g/mol. The molecule has 11 aromatic rings. The van der Waals surface area contributed by atoms with Gasteiger partial charge in [0.1, 0.15) is 0 Å². The van der Waals surface area contributed by atoms with Crippen LogP contribution in [0.4, 0.5) is 17.1 Å². The lowest BCUT2D eigenvalue weighted by Gasteiger charge is -2.35. The minimum Gasteiger partial charge on any atom is -0.309 e. The number of fused-ring (bicyclic) bond motifs is 4. The van der Waals surface area contributed by atoms with Gasteiger partial charge in [0, 0.05) is 26.8 Å². The van der Waals surface area contributed by atoms with Gasteiger partial charge in [-0.05, 0) is 102 Å². The smallest absolute Gasteiger partial charge is 0.179 e. The third kappa shape index (κ3) is 6.56. The molecule has 3 heteroatoms. The highest BCUT2D eigenvalue weighted by Gasteiger charge is 2.41. The fourth-order valence-electron chi connectivity index (χ4n) is 9.32. The molecule has 0 aliphatic carbocycles. The van der Waals surface area contributed by atoms with Crippen molar-refractivity contribution in [2.75, 3.05) is 4.90 Å². The Morgan fingerprint density at radius 3 is 1.43 bits per heavy atom. The molecule has 61 heavy (non-hydrogen) atoms. The van der Waals surface area contributed by atoms with Crippen LogP contribution in [0.1, 0.15) is 0 Å². The number of rotatable bonds is 9. The van der Waals surface area contributed by atoms with Crippen LogP contribution < -0.4 is 25.6 Å². The van der Waals surface area contributed by atoms with Gasteiger partial charge in [0.2, 0.25) is 0 Å². The van der Waals surface area contributed by atoms with Crippen molar-refractivity contribution < 1.29 is 0 Å². The van der Waals surface area contributed by atoms with Crippen LogP contribution in [0.15, 0.2) is 249 Å². The number of hydrogen-bond donors (Lipinski definition) is 0. The molecule has 1 heterocycles. The van der Waals surface area contributed by atoms with Gasteiger partial charge in [-0.2, -0.15) is 0 Å². The van der Waals surface area contributed by atoms with Gasteiger partial charge in [-0.3, -0.25) is 0 Å². The molecule has 0 saturated heterocycles. The van der Waals surface area contributed by atoms with Gasteiger partial charge in [-0.15, -0.1) is 11.3 Å². The van der Waals surface area contributed by atoms with Crippen molar-refractivity contribution in [3.8, 4) is 22.3 Å². The SMILES string of the molecule is c1ccc(-c2ccc3ccc(-c4ccc(N(c5cccc([Si](c6ccccc6)(c6ccccc6)c6ccccc6)c5)c5cccc6c5sc5ccccc56)cc4)cc3c2)cc1. The maximum atomic E-state index is 2.48. The molecule has 0 N–H and O–H groups in total. The third-order valence-electron chi connectivity index (χ3n) is 12.2. The van der Waals surface area contributed by atoms with E-state index >= 15 is 0 Å². The summed E-state index contributed by atoms with van der Waals surface area (Å²) in [4.78, 5) is 2.48. The molecule has 1 aromatic heterocycles. The molecule has 0 spiro atoms. The van der Waals surface area contributed by atoms with E-state index < -0.39 is 8.07 Å². The molecule has 10 aromatic carbocycles. The Balaban J connectivity index is 1.09. The van der Waals surface area contributed by atoms with Crippen LogP contribution in [-0.2, 0) is 0 Å². The molecular weight excluding hydrogens is 771 g/mol. The lowest BCUT2D eigenvalue weighted by atomic mass is 9.97. The molecule has 11 rings (SSSR count). The summed E-state index contributed by atoms with van der Waals surface area (Å²) in [6.45, 7) is 0. The van der Waals surface area contributed by atoms with Crippen molar-refractivity contribution in [3.05, 3.63) is 249 Å². The lowest BCUT2D eigenvalue weighted by molar-refractivity contribution is 1.30. The fourth-order valence-corrected chi connectivity index (χ4v) is 15.3. The van der Waals surface area contributed by atoms with Crippen molar-refractivity contribution in [1.82, 2.24) is 0 Å². The zero-order chi connectivity index (χ0) is 40.6. The summed E-state index contributed by atoms with van der Waals surface area (Å²) < 4.78 is 2.57. The highest BCUT2D eigenvalue weighted by Crippen LogP contribution is 2.45. The zero-order valence-electron chi connectivity index (χ0n) is 33.5. The van der Waals surface area contributed by atoms with Gasteiger partial charge in [0.15, 0.2) is 8.07 Å². The van der Waals surface area contributed by atoms with Crippen LogP contribution in [0.2, 0.25) is 0 Å². The fraction of sp³-hybridized carbons (Fsp3) is 0. The Bertz CT molecular complexity index is 3190. The minimum atomic E-state index is -2.78. The van der Waals surface area contributed by atoms with E-state index in [9.17, 15) is 0 Å². The highest BCUT2D eigenvalue weighted by atomic mass is 32.1. The van der Waals surface area contributed by atoms with E-state index in [0.29, 0.717) is 0 Å². The lowest BCUT2D eigenvalue weighted by Crippen LogP contribution is -2.74. The Labute approximate surface area is 362 Å². The van der Waals surface area contributed by atoms with E-state index in [1.54, 1.807) is 0 Å². The summed E-state index contributed by atoms with van der Waals surface area (Å²) in [5.41, 5.74) is 8.27. The van der Waals surface area contributed by atoms with Crippen molar-refractivity contribution in [2.45, 2.75) is 0 Å². The molecule has 0 unspecified atom stereocenters. The summed E-state index contributed by atoms with van der Waals surface area (Å²) in [6.07, 6.45) is 0.